The summed E-state index contributed by atoms with van der Waals surface area (Å²) < 4.78 is 0. The summed E-state index contributed by atoms with van der Waals surface area (Å²) in [6.07, 6.45) is 1.10. The Morgan fingerprint density at radius 1 is 0.967 bits per heavy atom. The summed E-state index contributed by atoms with van der Waals surface area (Å²) in [6.45, 7) is 0. The summed E-state index contributed by atoms with van der Waals surface area (Å²) in [6, 6.07) is 14.1. The number of carbonyl (C=O) groups is 1. The van der Waals surface area contributed by atoms with E-state index in [2.05, 4.69) is 20.8 Å². The minimum absolute atomic E-state index is 0.0105. The van der Waals surface area contributed by atoms with Crippen LogP contribution < -0.4 is 15.8 Å². The molecular weight excluding hydrogens is 394 g/mol. The summed E-state index contributed by atoms with van der Waals surface area (Å²) in [7, 11) is 1.60. The van der Waals surface area contributed by atoms with Crippen molar-refractivity contribution in [2.45, 2.75) is 0 Å². The zero-order valence-corrected chi connectivity index (χ0v) is 15.6. The molecule has 2 N–H and O–H groups in total. The Balaban J connectivity index is 1.89. The molecule has 0 aliphatic rings. The SMILES string of the molecule is CN(c1ccccc1)c1ncnc(NNC(=O)c2ccccc2[N+](=O)[O-])c1[N+](=O)[O-]. The van der Waals surface area contributed by atoms with Gasteiger partial charge in [-0.05, 0) is 18.2 Å². The molecule has 3 rings (SSSR count). The Morgan fingerprint density at radius 3 is 2.30 bits per heavy atom. The third kappa shape index (κ3) is 4.11. The summed E-state index contributed by atoms with van der Waals surface area (Å²) in [4.78, 5) is 43.1. The van der Waals surface area contributed by atoms with Crippen molar-refractivity contribution < 1.29 is 14.6 Å². The molecular formula is C18H15N7O5. The number of para-hydroxylation sites is 2. The van der Waals surface area contributed by atoms with Gasteiger partial charge >= 0.3 is 5.69 Å². The van der Waals surface area contributed by atoms with Crippen LogP contribution in [0.25, 0.3) is 0 Å². The molecule has 0 spiro atoms. The fourth-order valence-electron chi connectivity index (χ4n) is 2.66. The van der Waals surface area contributed by atoms with Gasteiger partial charge in [0.05, 0.1) is 9.85 Å². The Labute approximate surface area is 169 Å². The Bertz CT molecular complexity index is 1110. The lowest BCUT2D eigenvalue weighted by atomic mass is 10.2. The van der Waals surface area contributed by atoms with E-state index < -0.39 is 27.1 Å². The fourth-order valence-corrected chi connectivity index (χ4v) is 2.66. The van der Waals surface area contributed by atoms with E-state index in [0.717, 1.165) is 6.33 Å². The summed E-state index contributed by atoms with van der Waals surface area (Å²) in [5.74, 6) is -1.14. The number of nitrogens with one attached hydrogen (secondary N) is 2. The summed E-state index contributed by atoms with van der Waals surface area (Å²) in [5.41, 5.74) is 4.12. The zero-order chi connectivity index (χ0) is 21.7. The maximum absolute atomic E-state index is 12.4. The first kappa shape index (κ1) is 20.1. The van der Waals surface area contributed by atoms with Gasteiger partial charge in [-0.3, -0.25) is 35.9 Å². The first-order chi connectivity index (χ1) is 14.4. The average Bonchev–Trinajstić information content (AvgIpc) is 2.77. The molecule has 12 nitrogen and oxygen atoms in total. The molecule has 1 amide bonds. The highest BCUT2D eigenvalue weighted by Gasteiger charge is 2.27. The van der Waals surface area contributed by atoms with Gasteiger partial charge in [-0.2, -0.15) is 0 Å². The molecule has 1 aromatic heterocycles. The number of nitro groups is 2. The van der Waals surface area contributed by atoms with Crippen molar-refractivity contribution in [1.82, 2.24) is 15.4 Å². The van der Waals surface area contributed by atoms with E-state index >= 15 is 0 Å². The van der Waals surface area contributed by atoms with Crippen LogP contribution in [0.4, 0.5) is 28.7 Å². The molecule has 30 heavy (non-hydrogen) atoms. The molecule has 152 valence electrons. The van der Waals surface area contributed by atoms with E-state index in [1.165, 1.54) is 29.2 Å². The van der Waals surface area contributed by atoms with E-state index in [4.69, 9.17) is 0 Å². The molecule has 0 saturated heterocycles. The van der Waals surface area contributed by atoms with Gasteiger partial charge in [0.15, 0.2) is 0 Å². The topological polar surface area (TPSA) is 156 Å². The standard InChI is InChI=1S/C18H15N7O5/c1-23(12-7-3-2-4-8-12)17-15(25(29)30)16(19-11-20-17)21-22-18(26)13-9-5-6-10-14(13)24(27)28/h2-11H,1H3,(H,22,26)(H,19,20,21). The lowest BCUT2D eigenvalue weighted by molar-refractivity contribution is -0.385. The first-order valence-corrected chi connectivity index (χ1v) is 8.48. The van der Waals surface area contributed by atoms with Gasteiger partial charge in [0.1, 0.15) is 11.9 Å². The molecule has 0 fully saturated rings. The molecule has 12 heteroatoms. The molecule has 0 unspecified atom stereocenters. The predicted molar refractivity (Wildman–Crippen MR) is 107 cm³/mol. The van der Waals surface area contributed by atoms with Gasteiger partial charge in [-0.15, -0.1) is 0 Å². The average molecular weight is 409 g/mol. The Morgan fingerprint density at radius 2 is 1.63 bits per heavy atom. The predicted octanol–water partition coefficient (Wildman–Crippen LogP) is 2.82. The second-order valence-corrected chi connectivity index (χ2v) is 5.90. The third-order valence-electron chi connectivity index (χ3n) is 4.09. The maximum atomic E-state index is 12.4. The second-order valence-electron chi connectivity index (χ2n) is 5.90. The molecule has 2 aromatic carbocycles. The molecule has 0 bridgehead atoms. The molecule has 1 heterocycles. The number of hydrogen-bond donors (Lipinski definition) is 2. The minimum Gasteiger partial charge on any atom is -0.324 e. The third-order valence-corrected chi connectivity index (χ3v) is 4.09. The van der Waals surface area contributed by atoms with Crippen LogP contribution in [0.5, 0.6) is 0 Å². The number of benzene rings is 2. The highest BCUT2D eigenvalue weighted by atomic mass is 16.6. The summed E-state index contributed by atoms with van der Waals surface area (Å²) >= 11 is 0. The van der Waals surface area contributed by atoms with Gasteiger partial charge in [0, 0.05) is 18.8 Å². The first-order valence-electron chi connectivity index (χ1n) is 8.48. The van der Waals surface area contributed by atoms with Crippen LogP contribution in [0.1, 0.15) is 10.4 Å². The zero-order valence-electron chi connectivity index (χ0n) is 15.6. The largest absolute Gasteiger partial charge is 0.355 e. The molecule has 3 aromatic rings. The molecule has 0 aliphatic heterocycles. The Kier molecular flexibility index (Phi) is 5.77. The van der Waals surface area contributed by atoms with E-state index in [-0.39, 0.29) is 17.2 Å². The van der Waals surface area contributed by atoms with Gasteiger partial charge in [0.2, 0.25) is 11.6 Å². The minimum atomic E-state index is -0.854. The van der Waals surface area contributed by atoms with Gasteiger partial charge in [-0.25, -0.2) is 9.97 Å². The number of aromatic nitrogens is 2. The van der Waals surface area contributed by atoms with E-state index in [0.29, 0.717) is 5.69 Å². The highest BCUT2D eigenvalue weighted by Crippen LogP contribution is 2.34. The maximum Gasteiger partial charge on any atom is 0.355 e. The molecule has 0 atom stereocenters. The summed E-state index contributed by atoms with van der Waals surface area (Å²) in [5, 5.41) is 22.8. The van der Waals surface area contributed by atoms with Gasteiger partial charge < -0.3 is 4.90 Å². The molecule has 0 radical (unpaired) electrons. The highest BCUT2D eigenvalue weighted by molar-refractivity contribution is 5.98. The number of amides is 1. The number of hydrazine groups is 1. The smallest absolute Gasteiger partial charge is 0.324 e. The van der Waals surface area contributed by atoms with Crippen molar-refractivity contribution in [2.75, 3.05) is 17.4 Å². The lowest BCUT2D eigenvalue weighted by Crippen LogP contribution is -2.31. The van der Waals surface area contributed by atoms with Crippen molar-refractivity contribution in [3.8, 4) is 0 Å². The second kappa shape index (κ2) is 8.60. The molecule has 0 aliphatic carbocycles. The number of hydrogen-bond acceptors (Lipinski definition) is 9. The normalized spacial score (nSPS) is 10.2. The van der Waals surface area contributed by atoms with Crippen LogP contribution in [0.3, 0.4) is 0 Å². The van der Waals surface area contributed by atoms with Crippen molar-refractivity contribution in [1.29, 1.82) is 0 Å². The number of rotatable bonds is 7. The van der Waals surface area contributed by atoms with E-state index in [1.807, 2.05) is 0 Å². The van der Waals surface area contributed by atoms with Crippen LogP contribution in [-0.4, -0.2) is 32.8 Å². The quantitative estimate of drug-likeness (QED) is 0.442. The van der Waals surface area contributed by atoms with Crippen molar-refractivity contribution in [2.24, 2.45) is 0 Å². The number of nitrogens with zero attached hydrogens (tertiary/aromatic N) is 5. The van der Waals surface area contributed by atoms with Gasteiger partial charge in [0.25, 0.3) is 11.6 Å². The van der Waals surface area contributed by atoms with E-state index in [9.17, 15) is 25.0 Å². The number of anilines is 3. The number of carbonyl (C=O) groups excluding carboxylic acids is 1. The van der Waals surface area contributed by atoms with Crippen LogP contribution in [0.2, 0.25) is 0 Å². The van der Waals surface area contributed by atoms with Crippen LogP contribution >= 0.6 is 0 Å². The van der Waals surface area contributed by atoms with Gasteiger partial charge in [-0.1, -0.05) is 30.3 Å². The molecule has 0 saturated carbocycles. The number of nitro benzene ring substituents is 1. The van der Waals surface area contributed by atoms with Crippen molar-refractivity contribution in [3.63, 3.8) is 0 Å². The van der Waals surface area contributed by atoms with Crippen molar-refractivity contribution in [3.05, 3.63) is 86.7 Å². The fraction of sp³-hybridized carbons (Fsp3) is 0.0556. The van der Waals surface area contributed by atoms with Crippen molar-refractivity contribution >= 4 is 34.6 Å². The lowest BCUT2D eigenvalue weighted by Gasteiger charge is -2.18. The van der Waals surface area contributed by atoms with E-state index in [1.54, 1.807) is 37.4 Å². The van der Waals surface area contributed by atoms with Crippen LogP contribution in [-0.2, 0) is 0 Å². The Hall–Kier alpha value is -4.61. The van der Waals surface area contributed by atoms with Crippen LogP contribution in [0, 0.1) is 20.2 Å². The van der Waals surface area contributed by atoms with Crippen LogP contribution in [0.15, 0.2) is 60.9 Å². The monoisotopic (exact) mass is 409 g/mol.